The number of benzene rings is 2. The Kier molecular flexibility index (Phi) is 5.00. The summed E-state index contributed by atoms with van der Waals surface area (Å²) >= 11 is 6.17. The van der Waals surface area contributed by atoms with Crippen LogP contribution in [0.3, 0.4) is 0 Å². The molecule has 1 aliphatic rings. The van der Waals surface area contributed by atoms with Crippen LogP contribution < -0.4 is 15.0 Å². The Bertz CT molecular complexity index is 904. The first-order valence-electron chi connectivity index (χ1n) is 8.28. The van der Waals surface area contributed by atoms with E-state index in [2.05, 4.69) is 5.32 Å². The normalized spacial score (nSPS) is 14.2. The summed E-state index contributed by atoms with van der Waals surface area (Å²) in [6, 6.07) is 12.6. The van der Waals surface area contributed by atoms with E-state index in [0.29, 0.717) is 18.0 Å². The number of aryl methyl sites for hydroxylation is 1. The molecule has 2 amide bonds. The molecule has 0 unspecified atom stereocenters. The molecule has 0 bridgehead atoms. The largest absolute Gasteiger partial charge is 0.494 e. The van der Waals surface area contributed by atoms with Crippen LogP contribution in [0.4, 0.5) is 11.4 Å². The van der Waals surface area contributed by atoms with Crippen molar-refractivity contribution in [1.82, 2.24) is 0 Å². The zero-order valence-corrected chi connectivity index (χ0v) is 15.6. The second-order valence-corrected chi connectivity index (χ2v) is 6.31. The molecule has 0 aromatic heterocycles. The molecule has 0 aliphatic carbocycles. The van der Waals surface area contributed by atoms with Gasteiger partial charge >= 0.3 is 0 Å². The lowest BCUT2D eigenvalue weighted by atomic mass is 10.1. The van der Waals surface area contributed by atoms with Crippen molar-refractivity contribution in [2.24, 2.45) is 0 Å². The third kappa shape index (κ3) is 3.18. The quantitative estimate of drug-likeness (QED) is 0.804. The smallest absolute Gasteiger partial charge is 0.283 e. The molecule has 26 heavy (non-hydrogen) atoms. The number of ether oxygens (including phenoxy) is 1. The fraction of sp³-hybridized carbons (Fsp3) is 0.200. The first-order valence-corrected chi connectivity index (χ1v) is 8.66. The predicted octanol–water partition coefficient (Wildman–Crippen LogP) is 4.14. The van der Waals surface area contributed by atoms with Crippen molar-refractivity contribution in [2.45, 2.75) is 20.8 Å². The van der Waals surface area contributed by atoms with Crippen LogP contribution in [0.5, 0.6) is 5.75 Å². The number of imide groups is 1. The number of nitrogens with one attached hydrogen (secondary N) is 1. The molecule has 1 N–H and O–H groups in total. The Morgan fingerprint density at radius 1 is 1.04 bits per heavy atom. The summed E-state index contributed by atoms with van der Waals surface area (Å²) in [5.41, 5.74) is 3.11. The van der Waals surface area contributed by atoms with Crippen molar-refractivity contribution >= 4 is 34.8 Å². The Morgan fingerprint density at radius 3 is 2.38 bits per heavy atom. The van der Waals surface area contributed by atoms with Gasteiger partial charge in [0, 0.05) is 5.69 Å². The van der Waals surface area contributed by atoms with Gasteiger partial charge < -0.3 is 10.1 Å². The van der Waals surface area contributed by atoms with Crippen molar-refractivity contribution in [1.29, 1.82) is 0 Å². The topological polar surface area (TPSA) is 58.6 Å². The molecular weight excluding hydrogens is 352 g/mol. The molecule has 0 atom stereocenters. The van der Waals surface area contributed by atoms with Gasteiger partial charge in [0.15, 0.2) is 0 Å². The summed E-state index contributed by atoms with van der Waals surface area (Å²) in [6.07, 6.45) is 0. The zero-order chi connectivity index (χ0) is 18.8. The van der Waals surface area contributed by atoms with Gasteiger partial charge in [-0.05, 0) is 62.2 Å². The van der Waals surface area contributed by atoms with Crippen LogP contribution in [0.25, 0.3) is 0 Å². The highest BCUT2D eigenvalue weighted by Gasteiger charge is 2.39. The Labute approximate surface area is 157 Å². The number of nitrogens with zero attached hydrogens (tertiary/aromatic N) is 1. The zero-order valence-electron chi connectivity index (χ0n) is 14.8. The van der Waals surface area contributed by atoms with Gasteiger partial charge in [0.05, 0.1) is 12.3 Å². The average molecular weight is 371 g/mol. The SMILES string of the molecule is CCOc1ccc(NC2=C(Cl)C(=O)N(c3cccc(C)c3C)C2=O)cc1. The van der Waals surface area contributed by atoms with E-state index < -0.39 is 11.8 Å². The minimum atomic E-state index is -0.529. The average Bonchev–Trinajstić information content (AvgIpc) is 2.83. The molecule has 3 rings (SSSR count). The lowest BCUT2D eigenvalue weighted by Crippen LogP contribution is -2.33. The summed E-state index contributed by atoms with van der Waals surface area (Å²) in [4.78, 5) is 26.5. The standard InChI is InChI=1S/C20H19ClN2O3/c1-4-26-15-10-8-14(9-11-15)22-18-17(21)19(24)23(20(18)25)16-7-5-6-12(2)13(16)3/h5-11,22H,4H2,1-3H3. The number of halogens is 1. The van der Waals surface area contributed by atoms with E-state index in [1.54, 1.807) is 30.3 Å². The van der Waals surface area contributed by atoms with Crippen LogP contribution in [0, 0.1) is 13.8 Å². The van der Waals surface area contributed by atoms with Gasteiger partial charge in [-0.25, -0.2) is 4.90 Å². The van der Waals surface area contributed by atoms with Gasteiger partial charge in [-0.15, -0.1) is 0 Å². The lowest BCUT2D eigenvalue weighted by Gasteiger charge is -2.18. The van der Waals surface area contributed by atoms with Crippen LogP contribution in [-0.2, 0) is 9.59 Å². The van der Waals surface area contributed by atoms with Gasteiger partial charge in [-0.1, -0.05) is 23.7 Å². The minimum Gasteiger partial charge on any atom is -0.494 e. The van der Waals surface area contributed by atoms with Gasteiger partial charge in [0.25, 0.3) is 11.8 Å². The van der Waals surface area contributed by atoms with E-state index in [1.807, 2.05) is 32.9 Å². The summed E-state index contributed by atoms with van der Waals surface area (Å²) in [6.45, 7) is 6.28. The molecule has 0 saturated carbocycles. The van der Waals surface area contributed by atoms with Gasteiger partial charge in [-0.3, -0.25) is 9.59 Å². The molecule has 6 heteroatoms. The number of hydrogen-bond acceptors (Lipinski definition) is 4. The van der Waals surface area contributed by atoms with E-state index in [9.17, 15) is 9.59 Å². The van der Waals surface area contributed by atoms with E-state index in [0.717, 1.165) is 21.8 Å². The van der Waals surface area contributed by atoms with Gasteiger partial charge in [-0.2, -0.15) is 0 Å². The molecule has 0 radical (unpaired) electrons. The van der Waals surface area contributed by atoms with Crippen molar-refractivity contribution in [2.75, 3.05) is 16.8 Å². The first kappa shape index (κ1) is 18.0. The molecule has 1 aliphatic heterocycles. The maximum Gasteiger partial charge on any atom is 0.283 e. The number of rotatable bonds is 5. The maximum atomic E-state index is 12.8. The van der Waals surface area contributed by atoms with Crippen molar-refractivity contribution in [3.8, 4) is 5.75 Å². The molecular formula is C20H19ClN2O3. The van der Waals surface area contributed by atoms with E-state index in [-0.39, 0.29) is 10.7 Å². The molecule has 0 fully saturated rings. The minimum absolute atomic E-state index is 0.0710. The first-order chi connectivity index (χ1) is 12.4. The maximum absolute atomic E-state index is 12.8. The fourth-order valence-corrected chi connectivity index (χ4v) is 2.97. The molecule has 5 nitrogen and oxygen atoms in total. The highest BCUT2D eigenvalue weighted by molar-refractivity contribution is 6.53. The third-order valence-electron chi connectivity index (χ3n) is 4.28. The monoisotopic (exact) mass is 370 g/mol. The summed E-state index contributed by atoms with van der Waals surface area (Å²) in [5.74, 6) is -0.273. The van der Waals surface area contributed by atoms with Gasteiger partial charge in [0.2, 0.25) is 0 Å². The van der Waals surface area contributed by atoms with Crippen LogP contribution in [0.1, 0.15) is 18.1 Å². The fourth-order valence-electron chi connectivity index (χ4n) is 2.75. The summed E-state index contributed by atoms with van der Waals surface area (Å²) < 4.78 is 5.39. The molecule has 1 heterocycles. The summed E-state index contributed by atoms with van der Waals surface area (Å²) in [5, 5.41) is 2.83. The Hall–Kier alpha value is -2.79. The van der Waals surface area contributed by atoms with Crippen LogP contribution >= 0.6 is 11.6 Å². The lowest BCUT2D eigenvalue weighted by molar-refractivity contribution is -0.120. The van der Waals surface area contributed by atoms with E-state index in [1.165, 1.54) is 0 Å². The second-order valence-electron chi connectivity index (χ2n) is 5.94. The molecule has 0 saturated heterocycles. The van der Waals surface area contributed by atoms with Crippen molar-refractivity contribution in [3.63, 3.8) is 0 Å². The number of amides is 2. The van der Waals surface area contributed by atoms with Crippen LogP contribution in [0.2, 0.25) is 0 Å². The highest BCUT2D eigenvalue weighted by atomic mass is 35.5. The Balaban J connectivity index is 1.88. The summed E-state index contributed by atoms with van der Waals surface area (Å²) in [7, 11) is 0. The van der Waals surface area contributed by atoms with Crippen molar-refractivity contribution < 1.29 is 14.3 Å². The number of carbonyl (C=O) groups is 2. The highest BCUT2D eigenvalue weighted by Crippen LogP contribution is 2.33. The molecule has 2 aromatic rings. The third-order valence-corrected chi connectivity index (χ3v) is 4.63. The Morgan fingerprint density at radius 2 is 1.73 bits per heavy atom. The second kappa shape index (κ2) is 7.22. The number of anilines is 2. The van der Waals surface area contributed by atoms with Gasteiger partial charge in [0.1, 0.15) is 16.5 Å². The van der Waals surface area contributed by atoms with Crippen LogP contribution in [0.15, 0.2) is 53.2 Å². The predicted molar refractivity (Wildman–Crippen MR) is 103 cm³/mol. The van der Waals surface area contributed by atoms with Crippen LogP contribution in [-0.4, -0.2) is 18.4 Å². The van der Waals surface area contributed by atoms with E-state index >= 15 is 0 Å². The number of hydrogen-bond donors (Lipinski definition) is 1. The van der Waals surface area contributed by atoms with E-state index in [4.69, 9.17) is 16.3 Å². The number of carbonyl (C=O) groups excluding carboxylic acids is 2. The molecule has 0 spiro atoms. The van der Waals surface area contributed by atoms with Crippen molar-refractivity contribution in [3.05, 3.63) is 64.3 Å². The molecule has 2 aromatic carbocycles. The molecule has 134 valence electrons.